The number of rotatable bonds is 7. The molecule has 24 heavy (non-hydrogen) atoms. The number of hydrogen-bond acceptors (Lipinski definition) is 8. The van der Waals surface area contributed by atoms with Crippen molar-refractivity contribution in [3.05, 3.63) is 0 Å². The second kappa shape index (κ2) is 9.42. The number of hydrogen-bond donors (Lipinski definition) is 3. The molecule has 1 aromatic heterocycles. The number of carbonyl (C=O) groups is 3. The normalized spacial score (nSPS) is 10.8. The van der Waals surface area contributed by atoms with Gasteiger partial charge in [0.1, 0.15) is 6.54 Å². The fourth-order valence-corrected chi connectivity index (χ4v) is 2.93. The van der Waals surface area contributed by atoms with Crippen molar-refractivity contribution in [2.45, 2.75) is 37.6 Å². The standard InChI is InChI=1S/C13H21N5O4S2/c1-5-22-9(20)6-14-8(19)7-23-12-18-17-11(24-12)15-10(21)16-13(2,3)4/h5-7H2,1-4H3,(H,14,19)(H2,15,16,17,21). The van der Waals surface area contributed by atoms with Crippen LogP contribution in [0.1, 0.15) is 27.7 Å². The molecule has 9 nitrogen and oxygen atoms in total. The van der Waals surface area contributed by atoms with Crippen molar-refractivity contribution in [2.24, 2.45) is 0 Å². The number of nitrogens with zero attached hydrogens (tertiary/aromatic N) is 2. The van der Waals surface area contributed by atoms with Gasteiger partial charge in [0, 0.05) is 5.54 Å². The smallest absolute Gasteiger partial charge is 0.325 e. The number of aromatic nitrogens is 2. The molecule has 0 bridgehead atoms. The first kappa shape index (κ1) is 20.2. The molecule has 3 N–H and O–H groups in total. The van der Waals surface area contributed by atoms with Crippen LogP contribution in [0.2, 0.25) is 0 Å². The zero-order valence-corrected chi connectivity index (χ0v) is 15.6. The maximum Gasteiger partial charge on any atom is 0.325 e. The van der Waals surface area contributed by atoms with Crippen molar-refractivity contribution < 1.29 is 19.1 Å². The highest BCUT2D eigenvalue weighted by molar-refractivity contribution is 8.01. The molecule has 0 fully saturated rings. The van der Waals surface area contributed by atoms with Crippen molar-refractivity contribution in [3.8, 4) is 0 Å². The maximum atomic E-state index is 11.7. The average molecular weight is 375 g/mol. The fourth-order valence-electron chi connectivity index (χ4n) is 1.35. The van der Waals surface area contributed by atoms with Gasteiger partial charge in [-0.25, -0.2) is 4.79 Å². The van der Waals surface area contributed by atoms with Crippen LogP contribution in [0, 0.1) is 0 Å². The Morgan fingerprint density at radius 2 is 1.96 bits per heavy atom. The van der Waals surface area contributed by atoms with Gasteiger partial charge in [-0.05, 0) is 27.7 Å². The lowest BCUT2D eigenvalue weighted by Crippen LogP contribution is -2.43. The summed E-state index contributed by atoms with van der Waals surface area (Å²) in [4.78, 5) is 34.4. The third-order valence-corrected chi connectivity index (χ3v) is 4.15. The Morgan fingerprint density at radius 3 is 2.58 bits per heavy atom. The molecule has 1 heterocycles. The predicted octanol–water partition coefficient (Wildman–Crippen LogP) is 1.23. The molecule has 0 aliphatic heterocycles. The van der Waals surface area contributed by atoms with Crippen LogP contribution in [0.3, 0.4) is 0 Å². The first-order valence-electron chi connectivity index (χ1n) is 7.17. The maximum absolute atomic E-state index is 11.7. The van der Waals surface area contributed by atoms with Crippen LogP contribution in [0.15, 0.2) is 4.34 Å². The summed E-state index contributed by atoms with van der Waals surface area (Å²) in [6, 6.07) is -0.373. The zero-order valence-electron chi connectivity index (χ0n) is 14.0. The Kier molecular flexibility index (Phi) is 7.92. The van der Waals surface area contributed by atoms with Crippen LogP contribution in [-0.4, -0.2) is 52.5 Å². The Balaban J connectivity index is 2.35. The van der Waals surface area contributed by atoms with Crippen molar-refractivity contribution in [2.75, 3.05) is 24.2 Å². The Labute approximate surface area is 148 Å². The van der Waals surface area contributed by atoms with Crippen molar-refractivity contribution >= 4 is 46.1 Å². The number of thioether (sulfide) groups is 1. The van der Waals surface area contributed by atoms with E-state index in [1.54, 1.807) is 6.92 Å². The third kappa shape index (κ3) is 8.67. The highest BCUT2D eigenvalue weighted by Crippen LogP contribution is 2.25. The van der Waals surface area contributed by atoms with E-state index in [1.165, 1.54) is 0 Å². The number of carbonyl (C=O) groups excluding carboxylic acids is 3. The zero-order chi connectivity index (χ0) is 18.2. The SMILES string of the molecule is CCOC(=O)CNC(=O)CSc1nnc(NC(=O)NC(C)(C)C)s1. The van der Waals surface area contributed by atoms with Crippen LogP contribution in [0.4, 0.5) is 9.93 Å². The Morgan fingerprint density at radius 1 is 1.25 bits per heavy atom. The second-order valence-electron chi connectivity index (χ2n) is 5.57. The average Bonchev–Trinajstić information content (AvgIpc) is 2.88. The quantitative estimate of drug-likeness (QED) is 0.372. The van der Waals surface area contributed by atoms with Gasteiger partial charge in [0.2, 0.25) is 11.0 Å². The molecule has 0 unspecified atom stereocenters. The van der Waals surface area contributed by atoms with Crippen molar-refractivity contribution in [1.29, 1.82) is 0 Å². The van der Waals surface area contributed by atoms with Crippen LogP contribution in [0.5, 0.6) is 0 Å². The molecule has 11 heteroatoms. The monoisotopic (exact) mass is 375 g/mol. The molecule has 0 radical (unpaired) electrons. The van der Waals surface area contributed by atoms with E-state index < -0.39 is 5.97 Å². The summed E-state index contributed by atoms with van der Waals surface area (Å²) in [7, 11) is 0. The lowest BCUT2D eigenvalue weighted by atomic mass is 10.1. The lowest BCUT2D eigenvalue weighted by Gasteiger charge is -2.19. The molecule has 0 saturated heterocycles. The van der Waals surface area contributed by atoms with E-state index in [9.17, 15) is 14.4 Å². The topological polar surface area (TPSA) is 122 Å². The summed E-state index contributed by atoms with van der Waals surface area (Å²) in [6.45, 7) is 7.39. The van der Waals surface area contributed by atoms with Gasteiger partial charge < -0.3 is 15.4 Å². The predicted molar refractivity (Wildman–Crippen MR) is 92.2 cm³/mol. The number of nitrogens with one attached hydrogen (secondary N) is 3. The van der Waals surface area contributed by atoms with E-state index in [2.05, 4.69) is 26.1 Å². The van der Waals surface area contributed by atoms with Gasteiger partial charge in [-0.3, -0.25) is 14.9 Å². The van der Waals surface area contributed by atoms with E-state index in [4.69, 9.17) is 4.74 Å². The minimum atomic E-state index is -0.483. The minimum Gasteiger partial charge on any atom is -0.465 e. The molecule has 0 atom stereocenters. The van der Waals surface area contributed by atoms with Crippen LogP contribution >= 0.6 is 23.1 Å². The van der Waals surface area contributed by atoms with E-state index in [0.717, 1.165) is 23.1 Å². The fraction of sp³-hybridized carbons (Fsp3) is 0.615. The number of urea groups is 1. The van der Waals surface area contributed by atoms with Crippen molar-refractivity contribution in [1.82, 2.24) is 20.8 Å². The summed E-state index contributed by atoms with van der Waals surface area (Å²) < 4.78 is 5.24. The van der Waals surface area contributed by atoms with Gasteiger partial charge in [-0.15, -0.1) is 10.2 Å². The summed E-state index contributed by atoms with van der Waals surface area (Å²) >= 11 is 2.32. The molecule has 3 amide bonds. The molecule has 0 saturated carbocycles. The molecule has 0 aromatic carbocycles. The van der Waals surface area contributed by atoms with Crippen LogP contribution < -0.4 is 16.0 Å². The van der Waals surface area contributed by atoms with Crippen LogP contribution in [0.25, 0.3) is 0 Å². The highest BCUT2D eigenvalue weighted by Gasteiger charge is 2.15. The van der Waals surface area contributed by atoms with E-state index in [1.807, 2.05) is 20.8 Å². The molecule has 0 aliphatic rings. The second-order valence-corrected chi connectivity index (χ2v) is 7.77. The lowest BCUT2D eigenvalue weighted by molar-refractivity contribution is -0.143. The van der Waals surface area contributed by atoms with Gasteiger partial charge in [0.25, 0.3) is 0 Å². The number of anilines is 1. The largest absolute Gasteiger partial charge is 0.465 e. The highest BCUT2D eigenvalue weighted by atomic mass is 32.2. The van der Waals surface area contributed by atoms with Crippen LogP contribution in [-0.2, 0) is 14.3 Å². The first-order valence-corrected chi connectivity index (χ1v) is 8.97. The summed E-state index contributed by atoms with van der Waals surface area (Å²) in [5.74, 6) is -0.714. The minimum absolute atomic E-state index is 0.0855. The number of amides is 3. The molecular weight excluding hydrogens is 354 g/mol. The van der Waals surface area contributed by atoms with E-state index >= 15 is 0 Å². The van der Waals surface area contributed by atoms with Gasteiger partial charge in [0.05, 0.1) is 12.4 Å². The molecule has 0 aliphatic carbocycles. The number of esters is 1. The van der Waals surface area contributed by atoms with Crippen molar-refractivity contribution in [3.63, 3.8) is 0 Å². The third-order valence-electron chi connectivity index (χ3n) is 2.18. The summed E-state index contributed by atoms with van der Waals surface area (Å²) in [6.07, 6.45) is 0. The first-order chi connectivity index (χ1) is 11.2. The van der Waals surface area contributed by atoms with E-state index in [0.29, 0.717) is 9.47 Å². The Hall–Kier alpha value is -1.88. The molecule has 0 spiro atoms. The molecule has 134 valence electrons. The number of ether oxygens (including phenoxy) is 1. The summed E-state index contributed by atoms with van der Waals surface area (Å²) in [5, 5.41) is 15.8. The molecule has 1 aromatic rings. The molecular formula is C13H21N5O4S2. The summed E-state index contributed by atoms with van der Waals surface area (Å²) in [5.41, 5.74) is -0.358. The Bertz CT molecular complexity index is 585. The van der Waals surface area contributed by atoms with Gasteiger partial charge >= 0.3 is 12.0 Å². The van der Waals surface area contributed by atoms with Gasteiger partial charge in [-0.1, -0.05) is 23.1 Å². The van der Waals surface area contributed by atoms with Gasteiger partial charge in [0.15, 0.2) is 4.34 Å². The molecule has 1 rings (SSSR count). The van der Waals surface area contributed by atoms with E-state index in [-0.39, 0.29) is 36.4 Å². The van der Waals surface area contributed by atoms with Gasteiger partial charge in [-0.2, -0.15) is 0 Å².